The largest absolute Gasteiger partial charge is 0.508 e. The second-order valence-electron chi connectivity index (χ2n) is 9.49. The highest BCUT2D eigenvalue weighted by atomic mass is 16.3. The summed E-state index contributed by atoms with van der Waals surface area (Å²) in [5.41, 5.74) is 4.31. The minimum Gasteiger partial charge on any atom is -0.508 e. The Bertz CT molecular complexity index is 1150. The van der Waals surface area contributed by atoms with Crippen molar-refractivity contribution in [3.8, 4) is 0 Å². The lowest BCUT2D eigenvalue weighted by Crippen LogP contribution is -2.46. The number of aliphatic hydroxyl groups is 1. The predicted molar refractivity (Wildman–Crippen MR) is 141 cm³/mol. The van der Waals surface area contributed by atoms with Gasteiger partial charge in [-0.3, -0.25) is 9.80 Å². The fourth-order valence-corrected chi connectivity index (χ4v) is 5.21. The third kappa shape index (κ3) is 5.24. The fraction of sp³-hybridized carbons (Fsp3) is 0.333. The first-order valence-electron chi connectivity index (χ1n) is 12.7. The molecule has 1 amide bonds. The molecule has 1 aliphatic heterocycles. The maximum absolute atomic E-state index is 13.8. The number of benzene rings is 1. The number of amides is 1. The molecule has 5 rings (SSSR count). The number of hydrazone groups is 1. The number of carbonyl (C=O) groups is 1. The second kappa shape index (κ2) is 10.8. The first-order chi connectivity index (χ1) is 17.2. The molecule has 5 heteroatoms. The standard InChI is InChI=1S/C30H33N3O2/c34-26-18-16-22(17-19-26)20-21-31-30(35)29-27(23-10-4-1-5-11-23)28(24-12-6-2-7-13-24)32-33(29)25-14-8-3-9-15-25/h1-2,4-6,8,10-12,14-16,18-19,22,27,29,34H,3,7,9,13,17,20-21H2,(H,31,35). The summed E-state index contributed by atoms with van der Waals surface area (Å²) < 4.78 is 0. The normalized spacial score (nSPS) is 25.6. The Morgan fingerprint density at radius 3 is 2.69 bits per heavy atom. The Morgan fingerprint density at radius 1 is 1.09 bits per heavy atom. The van der Waals surface area contributed by atoms with Gasteiger partial charge in [-0.25, -0.2) is 0 Å². The van der Waals surface area contributed by atoms with Crippen LogP contribution in [0.1, 0.15) is 50.0 Å². The summed E-state index contributed by atoms with van der Waals surface area (Å²) in [6.45, 7) is 0.587. The molecular formula is C30H33N3O2. The first kappa shape index (κ1) is 23.2. The SMILES string of the molecule is O=C(NCCC1C=CC(O)=CC1)C1C(c2ccccc2)C(C2=CC=CCC2)=NN1C1=CCCC=C1. The van der Waals surface area contributed by atoms with Crippen LogP contribution >= 0.6 is 0 Å². The van der Waals surface area contributed by atoms with Gasteiger partial charge in [0, 0.05) is 6.54 Å². The number of allylic oxidation sites excluding steroid dienone is 10. The van der Waals surface area contributed by atoms with E-state index in [0.717, 1.165) is 55.5 Å². The molecule has 0 saturated heterocycles. The van der Waals surface area contributed by atoms with Crippen LogP contribution in [0.25, 0.3) is 0 Å². The van der Waals surface area contributed by atoms with E-state index in [9.17, 15) is 9.90 Å². The Labute approximate surface area is 207 Å². The molecule has 1 heterocycles. The molecule has 3 aliphatic carbocycles. The lowest BCUT2D eigenvalue weighted by atomic mass is 9.82. The van der Waals surface area contributed by atoms with E-state index < -0.39 is 6.04 Å². The Balaban J connectivity index is 1.43. The Hall–Kier alpha value is -3.60. The van der Waals surface area contributed by atoms with Crippen LogP contribution in [0.4, 0.5) is 0 Å². The number of rotatable bonds is 7. The van der Waals surface area contributed by atoms with E-state index in [2.05, 4.69) is 53.9 Å². The molecule has 3 atom stereocenters. The minimum absolute atomic E-state index is 0.00241. The topological polar surface area (TPSA) is 64.9 Å². The van der Waals surface area contributed by atoms with Crippen LogP contribution in [0.2, 0.25) is 0 Å². The van der Waals surface area contributed by atoms with E-state index in [1.807, 2.05) is 35.4 Å². The third-order valence-corrected chi connectivity index (χ3v) is 7.08. The van der Waals surface area contributed by atoms with Crippen molar-refractivity contribution in [1.29, 1.82) is 0 Å². The zero-order valence-corrected chi connectivity index (χ0v) is 20.0. The van der Waals surface area contributed by atoms with Gasteiger partial charge in [0.15, 0.2) is 0 Å². The highest BCUT2D eigenvalue weighted by Gasteiger charge is 2.44. The maximum atomic E-state index is 13.8. The average Bonchev–Trinajstić information content (AvgIpc) is 3.32. The van der Waals surface area contributed by atoms with Crippen LogP contribution in [-0.2, 0) is 4.79 Å². The number of carbonyl (C=O) groups excluding carboxylic acids is 1. The number of nitrogens with zero attached hydrogens (tertiary/aromatic N) is 2. The van der Waals surface area contributed by atoms with E-state index in [1.54, 1.807) is 6.08 Å². The van der Waals surface area contributed by atoms with Crippen molar-refractivity contribution in [2.24, 2.45) is 11.0 Å². The van der Waals surface area contributed by atoms with Gasteiger partial charge in [-0.1, -0.05) is 66.8 Å². The van der Waals surface area contributed by atoms with Gasteiger partial charge in [-0.05, 0) is 73.8 Å². The minimum atomic E-state index is -0.445. The molecule has 0 bridgehead atoms. The lowest BCUT2D eigenvalue weighted by Gasteiger charge is -2.29. The van der Waals surface area contributed by atoms with Crippen LogP contribution in [0.5, 0.6) is 0 Å². The molecular weight excluding hydrogens is 434 g/mol. The molecule has 2 N–H and O–H groups in total. The van der Waals surface area contributed by atoms with Crippen LogP contribution in [0.15, 0.2) is 107 Å². The fourth-order valence-electron chi connectivity index (χ4n) is 5.21. The summed E-state index contributed by atoms with van der Waals surface area (Å²) in [5.74, 6) is 0.510. The van der Waals surface area contributed by atoms with Crippen molar-refractivity contribution in [3.63, 3.8) is 0 Å². The van der Waals surface area contributed by atoms with Crippen LogP contribution < -0.4 is 5.32 Å². The molecule has 180 valence electrons. The van der Waals surface area contributed by atoms with Gasteiger partial charge in [0.25, 0.3) is 0 Å². The molecule has 35 heavy (non-hydrogen) atoms. The maximum Gasteiger partial charge on any atom is 0.245 e. The molecule has 5 nitrogen and oxygen atoms in total. The molecule has 0 aromatic heterocycles. The highest BCUT2D eigenvalue weighted by Crippen LogP contribution is 2.39. The molecule has 0 fully saturated rings. The van der Waals surface area contributed by atoms with Crippen LogP contribution in [0.3, 0.4) is 0 Å². The van der Waals surface area contributed by atoms with Crippen molar-refractivity contribution in [2.75, 3.05) is 6.54 Å². The van der Waals surface area contributed by atoms with Gasteiger partial charge < -0.3 is 10.4 Å². The number of hydrogen-bond donors (Lipinski definition) is 2. The van der Waals surface area contributed by atoms with Gasteiger partial charge in [0.2, 0.25) is 5.91 Å². The van der Waals surface area contributed by atoms with Crippen molar-refractivity contribution in [3.05, 3.63) is 108 Å². The van der Waals surface area contributed by atoms with Gasteiger partial charge >= 0.3 is 0 Å². The van der Waals surface area contributed by atoms with Crippen molar-refractivity contribution in [1.82, 2.24) is 10.3 Å². The van der Waals surface area contributed by atoms with Crippen molar-refractivity contribution >= 4 is 11.6 Å². The second-order valence-corrected chi connectivity index (χ2v) is 9.49. The van der Waals surface area contributed by atoms with E-state index in [0.29, 0.717) is 18.2 Å². The van der Waals surface area contributed by atoms with E-state index >= 15 is 0 Å². The zero-order valence-electron chi connectivity index (χ0n) is 20.0. The molecule has 0 radical (unpaired) electrons. The number of hydrogen-bond acceptors (Lipinski definition) is 4. The molecule has 1 aromatic rings. The van der Waals surface area contributed by atoms with Crippen molar-refractivity contribution in [2.45, 2.75) is 50.5 Å². The summed E-state index contributed by atoms with van der Waals surface area (Å²) in [5, 5.41) is 19.9. The van der Waals surface area contributed by atoms with Gasteiger partial charge in [-0.15, -0.1) is 0 Å². The predicted octanol–water partition coefficient (Wildman–Crippen LogP) is 5.85. The van der Waals surface area contributed by atoms with Gasteiger partial charge in [0.1, 0.15) is 11.8 Å². The average molecular weight is 468 g/mol. The van der Waals surface area contributed by atoms with Crippen molar-refractivity contribution < 1.29 is 9.90 Å². The van der Waals surface area contributed by atoms with Crippen LogP contribution in [0, 0.1) is 5.92 Å². The lowest BCUT2D eigenvalue weighted by molar-refractivity contribution is -0.125. The summed E-state index contributed by atoms with van der Waals surface area (Å²) in [6.07, 6.45) is 24.0. The van der Waals surface area contributed by atoms with E-state index in [1.165, 1.54) is 5.57 Å². The number of nitrogens with one attached hydrogen (secondary N) is 1. The van der Waals surface area contributed by atoms with Crippen LogP contribution in [-0.4, -0.2) is 34.3 Å². The Morgan fingerprint density at radius 2 is 1.97 bits per heavy atom. The quantitative estimate of drug-likeness (QED) is 0.529. The molecule has 1 aromatic carbocycles. The highest BCUT2D eigenvalue weighted by molar-refractivity contribution is 6.10. The summed E-state index contributed by atoms with van der Waals surface area (Å²) in [6, 6.07) is 9.87. The Kier molecular flexibility index (Phi) is 7.12. The molecule has 4 aliphatic rings. The van der Waals surface area contributed by atoms with Gasteiger partial charge in [-0.2, -0.15) is 5.10 Å². The summed E-state index contributed by atoms with van der Waals surface area (Å²) >= 11 is 0. The molecule has 0 spiro atoms. The van der Waals surface area contributed by atoms with E-state index in [4.69, 9.17) is 5.10 Å². The van der Waals surface area contributed by atoms with Gasteiger partial charge in [0.05, 0.1) is 17.3 Å². The summed E-state index contributed by atoms with van der Waals surface area (Å²) in [7, 11) is 0. The smallest absolute Gasteiger partial charge is 0.245 e. The molecule has 0 saturated carbocycles. The first-order valence-corrected chi connectivity index (χ1v) is 12.7. The summed E-state index contributed by atoms with van der Waals surface area (Å²) in [4.78, 5) is 13.8. The molecule has 3 unspecified atom stereocenters. The number of aliphatic hydroxyl groups excluding tert-OH is 1. The van der Waals surface area contributed by atoms with E-state index in [-0.39, 0.29) is 11.8 Å². The monoisotopic (exact) mass is 467 g/mol. The zero-order chi connectivity index (χ0) is 24.0. The third-order valence-electron chi connectivity index (χ3n) is 7.08.